The number of aliphatic imine (C=N–C) groups is 1. The van der Waals surface area contributed by atoms with Gasteiger partial charge in [-0.25, -0.2) is 9.97 Å². The Hall–Kier alpha value is -2.57. The van der Waals surface area contributed by atoms with Gasteiger partial charge < -0.3 is 4.57 Å². The fourth-order valence-electron chi connectivity index (χ4n) is 5.88. The van der Waals surface area contributed by atoms with Gasteiger partial charge in [0.25, 0.3) is 0 Å². The molecular formula is C26H29ClN6. The normalized spacial score (nSPS) is 24.4. The molecule has 7 heteroatoms. The number of halogens is 1. The molecule has 1 aromatic carbocycles. The molecule has 1 saturated heterocycles. The van der Waals surface area contributed by atoms with Crippen LogP contribution >= 0.6 is 11.6 Å². The van der Waals surface area contributed by atoms with Gasteiger partial charge in [0, 0.05) is 25.3 Å². The average Bonchev–Trinajstić information content (AvgIpc) is 3.61. The van der Waals surface area contributed by atoms with Crippen molar-refractivity contribution in [2.75, 3.05) is 13.1 Å². The molecule has 1 saturated carbocycles. The first-order chi connectivity index (χ1) is 16.2. The number of piperidine rings is 1. The Labute approximate surface area is 199 Å². The second-order valence-electron chi connectivity index (χ2n) is 9.59. The highest BCUT2D eigenvalue weighted by atomic mass is 35.5. The minimum atomic E-state index is -0.655. The number of fused-ring (bicyclic) bond motifs is 1. The zero-order valence-corrected chi connectivity index (χ0v) is 19.5. The summed E-state index contributed by atoms with van der Waals surface area (Å²) in [6, 6.07) is 11.3. The third kappa shape index (κ3) is 3.79. The molecule has 1 aliphatic carbocycles. The molecule has 2 aromatic heterocycles. The maximum absolute atomic E-state index is 6.49. The molecule has 0 spiro atoms. The van der Waals surface area contributed by atoms with Crippen LogP contribution in [0.3, 0.4) is 0 Å². The van der Waals surface area contributed by atoms with Crippen molar-refractivity contribution < 1.29 is 0 Å². The molecule has 2 fully saturated rings. The molecule has 3 aliphatic rings. The van der Waals surface area contributed by atoms with Gasteiger partial charge in [-0.3, -0.25) is 9.89 Å². The van der Waals surface area contributed by atoms with Gasteiger partial charge in [-0.15, -0.1) is 0 Å². The quantitative estimate of drug-likeness (QED) is 0.482. The van der Waals surface area contributed by atoms with Crippen molar-refractivity contribution >= 4 is 29.0 Å². The van der Waals surface area contributed by atoms with Crippen molar-refractivity contribution in [2.45, 2.75) is 56.7 Å². The van der Waals surface area contributed by atoms with Gasteiger partial charge in [0.15, 0.2) is 11.3 Å². The van der Waals surface area contributed by atoms with E-state index in [1.54, 1.807) is 0 Å². The molecule has 0 amide bonds. The number of benzene rings is 1. The highest BCUT2D eigenvalue weighted by Gasteiger charge is 2.43. The molecule has 0 N–H and O–H groups in total. The SMILES string of the molecule is Clc1nc(C2(N3CCC(Cc4ccccc4)CC3)C=CC=N2)c2ncn(C3CCCC3)c2n1. The number of hydrogen-bond acceptors (Lipinski definition) is 5. The van der Waals surface area contributed by atoms with E-state index in [0.29, 0.717) is 12.0 Å². The second-order valence-corrected chi connectivity index (χ2v) is 9.93. The Morgan fingerprint density at radius 3 is 2.52 bits per heavy atom. The summed E-state index contributed by atoms with van der Waals surface area (Å²) in [7, 11) is 0. The first kappa shape index (κ1) is 21.0. The lowest BCUT2D eigenvalue weighted by atomic mass is 9.88. The first-order valence-electron chi connectivity index (χ1n) is 12.2. The zero-order valence-electron chi connectivity index (χ0n) is 18.8. The highest BCUT2D eigenvalue weighted by Crippen LogP contribution is 2.40. The third-order valence-electron chi connectivity index (χ3n) is 7.61. The van der Waals surface area contributed by atoms with Gasteiger partial charge in [-0.2, -0.15) is 4.98 Å². The molecule has 1 atom stereocenters. The Bertz CT molecular complexity index is 1170. The molecule has 33 heavy (non-hydrogen) atoms. The lowest BCUT2D eigenvalue weighted by Crippen LogP contribution is -2.48. The van der Waals surface area contributed by atoms with E-state index >= 15 is 0 Å². The Kier molecular flexibility index (Phi) is 5.51. The molecule has 2 aliphatic heterocycles. The largest absolute Gasteiger partial charge is 0.312 e. The number of imidazole rings is 1. The van der Waals surface area contributed by atoms with Crippen molar-refractivity contribution in [1.29, 1.82) is 0 Å². The Morgan fingerprint density at radius 2 is 1.79 bits per heavy atom. The lowest BCUT2D eigenvalue weighted by Gasteiger charge is -2.41. The van der Waals surface area contributed by atoms with Gasteiger partial charge in [-0.05, 0) is 67.3 Å². The van der Waals surface area contributed by atoms with Crippen molar-refractivity contribution in [3.8, 4) is 0 Å². The fraction of sp³-hybridized carbons (Fsp3) is 0.462. The summed E-state index contributed by atoms with van der Waals surface area (Å²) in [4.78, 5) is 21.5. The minimum absolute atomic E-state index is 0.270. The van der Waals surface area contributed by atoms with E-state index < -0.39 is 5.66 Å². The summed E-state index contributed by atoms with van der Waals surface area (Å²) in [6.45, 7) is 1.93. The Balaban J connectivity index is 1.31. The number of hydrogen-bond donors (Lipinski definition) is 0. The highest BCUT2D eigenvalue weighted by molar-refractivity contribution is 6.28. The van der Waals surface area contributed by atoms with Gasteiger partial charge >= 0.3 is 0 Å². The number of nitrogens with zero attached hydrogens (tertiary/aromatic N) is 6. The van der Waals surface area contributed by atoms with Crippen LogP contribution in [0.25, 0.3) is 11.2 Å². The van der Waals surface area contributed by atoms with E-state index in [-0.39, 0.29) is 5.28 Å². The predicted octanol–water partition coefficient (Wildman–Crippen LogP) is 5.34. The summed E-state index contributed by atoms with van der Waals surface area (Å²) in [5.41, 5.74) is 3.23. The summed E-state index contributed by atoms with van der Waals surface area (Å²) in [5.74, 6) is 0.686. The van der Waals surface area contributed by atoms with Crippen LogP contribution in [0.15, 0.2) is 53.8 Å². The van der Waals surface area contributed by atoms with E-state index in [2.05, 4.69) is 50.9 Å². The van der Waals surface area contributed by atoms with Crippen LogP contribution < -0.4 is 0 Å². The number of aromatic nitrogens is 4. The maximum Gasteiger partial charge on any atom is 0.224 e. The molecule has 4 heterocycles. The third-order valence-corrected chi connectivity index (χ3v) is 7.78. The van der Waals surface area contributed by atoms with E-state index in [9.17, 15) is 0 Å². The summed E-state index contributed by atoms with van der Waals surface area (Å²) >= 11 is 6.49. The Morgan fingerprint density at radius 1 is 1.00 bits per heavy atom. The summed E-state index contributed by atoms with van der Waals surface area (Å²) < 4.78 is 2.21. The van der Waals surface area contributed by atoms with E-state index in [0.717, 1.165) is 49.2 Å². The molecule has 1 unspecified atom stereocenters. The van der Waals surface area contributed by atoms with E-state index in [1.165, 1.54) is 31.2 Å². The zero-order chi connectivity index (χ0) is 22.3. The maximum atomic E-state index is 6.49. The molecule has 0 bridgehead atoms. The molecular weight excluding hydrogens is 432 g/mol. The van der Waals surface area contributed by atoms with Crippen LogP contribution in [0.1, 0.15) is 55.8 Å². The number of likely N-dealkylation sites (tertiary alicyclic amines) is 1. The molecule has 6 nitrogen and oxygen atoms in total. The first-order valence-corrected chi connectivity index (χ1v) is 12.5. The van der Waals surface area contributed by atoms with Gasteiger partial charge in [0.05, 0.1) is 6.33 Å². The molecule has 170 valence electrons. The minimum Gasteiger partial charge on any atom is -0.312 e. The van der Waals surface area contributed by atoms with Crippen LogP contribution in [0.5, 0.6) is 0 Å². The van der Waals surface area contributed by atoms with Crippen LogP contribution in [0.4, 0.5) is 0 Å². The summed E-state index contributed by atoms with van der Waals surface area (Å²) in [6.07, 6.45) is 16.2. The number of rotatable bonds is 5. The lowest BCUT2D eigenvalue weighted by molar-refractivity contribution is 0.0866. The molecule has 3 aromatic rings. The summed E-state index contributed by atoms with van der Waals surface area (Å²) in [5, 5.41) is 0.270. The fourth-order valence-corrected chi connectivity index (χ4v) is 6.04. The average molecular weight is 461 g/mol. The van der Waals surface area contributed by atoms with Crippen LogP contribution in [-0.2, 0) is 12.1 Å². The van der Waals surface area contributed by atoms with Crippen LogP contribution in [-0.4, -0.2) is 43.7 Å². The standard InChI is InChI=1S/C26H29ClN6/c27-25-30-23(22-24(31-25)33(18-28-22)21-9-4-5-10-21)26(13-6-14-29-26)32-15-11-20(12-16-32)17-19-7-2-1-3-8-19/h1-3,6-8,13-14,18,20-21H,4-5,9-12,15-17H2. The monoisotopic (exact) mass is 460 g/mol. The molecule has 0 radical (unpaired) electrons. The second kappa shape index (κ2) is 8.65. The van der Waals surface area contributed by atoms with E-state index in [1.807, 2.05) is 18.6 Å². The van der Waals surface area contributed by atoms with Crippen molar-refractivity contribution in [3.05, 3.63) is 65.4 Å². The van der Waals surface area contributed by atoms with Crippen LogP contribution in [0, 0.1) is 5.92 Å². The van der Waals surface area contributed by atoms with Crippen LogP contribution in [0.2, 0.25) is 5.28 Å². The van der Waals surface area contributed by atoms with Crippen molar-refractivity contribution in [2.24, 2.45) is 10.9 Å². The van der Waals surface area contributed by atoms with E-state index in [4.69, 9.17) is 26.6 Å². The van der Waals surface area contributed by atoms with Gasteiger partial charge in [-0.1, -0.05) is 43.2 Å². The van der Waals surface area contributed by atoms with Gasteiger partial charge in [0.1, 0.15) is 11.2 Å². The topological polar surface area (TPSA) is 59.2 Å². The molecule has 6 rings (SSSR count). The number of allylic oxidation sites excluding steroid dienone is 1. The van der Waals surface area contributed by atoms with Crippen molar-refractivity contribution in [1.82, 2.24) is 24.4 Å². The van der Waals surface area contributed by atoms with Crippen molar-refractivity contribution in [3.63, 3.8) is 0 Å². The predicted molar refractivity (Wildman–Crippen MR) is 132 cm³/mol. The van der Waals surface area contributed by atoms with Gasteiger partial charge in [0.2, 0.25) is 5.28 Å². The smallest absolute Gasteiger partial charge is 0.224 e.